The summed E-state index contributed by atoms with van der Waals surface area (Å²) in [5.41, 5.74) is 3.62. The van der Waals surface area contributed by atoms with Gasteiger partial charge < -0.3 is 10.6 Å². The Morgan fingerprint density at radius 3 is 3.18 bits per heavy atom. The molecule has 0 fully saturated rings. The van der Waals surface area contributed by atoms with E-state index in [9.17, 15) is 4.79 Å². The van der Waals surface area contributed by atoms with Gasteiger partial charge in [-0.05, 0) is 36.6 Å². The predicted octanol–water partition coefficient (Wildman–Crippen LogP) is 2.46. The fraction of sp³-hybridized carbons (Fsp3) is 0.500. The van der Waals surface area contributed by atoms with Crippen LogP contribution in [0.2, 0.25) is 0 Å². The van der Waals surface area contributed by atoms with E-state index in [1.807, 2.05) is 12.1 Å². The minimum Gasteiger partial charge on any atom is -0.326 e. The van der Waals surface area contributed by atoms with Crippen LogP contribution in [0, 0.1) is 0 Å². The molecule has 17 heavy (non-hydrogen) atoms. The van der Waals surface area contributed by atoms with Gasteiger partial charge in [0, 0.05) is 18.7 Å². The van der Waals surface area contributed by atoms with Gasteiger partial charge in [0.15, 0.2) is 0 Å². The van der Waals surface area contributed by atoms with E-state index in [0.717, 1.165) is 38.0 Å². The van der Waals surface area contributed by atoms with Gasteiger partial charge in [-0.3, -0.25) is 4.79 Å². The largest absolute Gasteiger partial charge is 0.326 e. The van der Waals surface area contributed by atoms with Gasteiger partial charge in [0.25, 0.3) is 0 Å². The molecule has 3 heteroatoms. The lowest BCUT2D eigenvalue weighted by Gasteiger charge is -2.20. The molecule has 1 aliphatic heterocycles. The number of benzene rings is 1. The zero-order valence-corrected chi connectivity index (χ0v) is 10.4. The van der Waals surface area contributed by atoms with Crippen LogP contribution in [0.3, 0.4) is 0 Å². The zero-order chi connectivity index (χ0) is 12.1. The Morgan fingerprint density at radius 2 is 2.35 bits per heavy atom. The van der Waals surface area contributed by atoms with Crippen LogP contribution in [0.15, 0.2) is 18.2 Å². The van der Waals surface area contributed by atoms with Crippen LogP contribution in [0.25, 0.3) is 0 Å². The van der Waals surface area contributed by atoms with Crippen LogP contribution < -0.4 is 10.6 Å². The van der Waals surface area contributed by atoms with Crippen LogP contribution in [-0.2, 0) is 17.8 Å². The predicted molar refractivity (Wildman–Crippen MR) is 70.0 cm³/mol. The molecule has 1 aromatic carbocycles. The molecule has 1 aliphatic rings. The van der Waals surface area contributed by atoms with Gasteiger partial charge >= 0.3 is 0 Å². The number of amides is 1. The summed E-state index contributed by atoms with van der Waals surface area (Å²) in [6.07, 6.45) is 3.64. The number of nitrogens with one attached hydrogen (secondary N) is 2. The summed E-state index contributed by atoms with van der Waals surface area (Å²) in [5.74, 6) is 0.138. The van der Waals surface area contributed by atoms with Gasteiger partial charge in [0.1, 0.15) is 0 Å². The molecule has 1 aromatic rings. The summed E-state index contributed by atoms with van der Waals surface area (Å²) in [6.45, 7) is 4.01. The third kappa shape index (κ3) is 3.07. The smallest absolute Gasteiger partial charge is 0.224 e. The van der Waals surface area contributed by atoms with E-state index in [1.54, 1.807) is 0 Å². The molecule has 2 rings (SSSR count). The lowest BCUT2D eigenvalue weighted by Crippen LogP contribution is -2.25. The van der Waals surface area contributed by atoms with E-state index in [-0.39, 0.29) is 5.91 Å². The normalized spacial score (nSPS) is 14.2. The Kier molecular flexibility index (Phi) is 4.15. The molecule has 1 amide bonds. The number of hydrogen-bond donors (Lipinski definition) is 2. The van der Waals surface area contributed by atoms with E-state index >= 15 is 0 Å². The number of carbonyl (C=O) groups excluding carboxylic acids is 1. The van der Waals surface area contributed by atoms with E-state index in [2.05, 4.69) is 23.6 Å². The number of hydrogen-bond acceptors (Lipinski definition) is 2. The first-order valence-electron chi connectivity index (χ1n) is 6.42. The summed E-state index contributed by atoms with van der Waals surface area (Å²) in [7, 11) is 0. The number of fused-ring (bicyclic) bond motifs is 1. The van der Waals surface area contributed by atoms with Crippen LogP contribution in [0.5, 0.6) is 0 Å². The molecule has 0 radical (unpaired) electrons. The van der Waals surface area contributed by atoms with E-state index in [0.29, 0.717) is 6.42 Å². The number of anilines is 1. The van der Waals surface area contributed by atoms with Crippen molar-refractivity contribution in [3.63, 3.8) is 0 Å². The quantitative estimate of drug-likeness (QED) is 0.837. The number of carbonyl (C=O) groups is 1. The molecule has 2 N–H and O–H groups in total. The minimum absolute atomic E-state index is 0.138. The second-order valence-corrected chi connectivity index (χ2v) is 4.52. The summed E-state index contributed by atoms with van der Waals surface area (Å²) in [5, 5.41) is 6.38. The van der Waals surface area contributed by atoms with Gasteiger partial charge in [-0.15, -0.1) is 0 Å². The van der Waals surface area contributed by atoms with Gasteiger partial charge in [-0.25, -0.2) is 0 Å². The van der Waals surface area contributed by atoms with Crippen LogP contribution in [-0.4, -0.2) is 12.5 Å². The highest BCUT2D eigenvalue weighted by molar-refractivity contribution is 5.91. The average molecular weight is 232 g/mol. The molecule has 0 atom stereocenters. The molecule has 0 spiro atoms. The maximum atomic E-state index is 11.7. The Bertz CT molecular complexity index is 401. The molecule has 0 aliphatic carbocycles. The first-order chi connectivity index (χ1) is 8.31. The lowest BCUT2D eigenvalue weighted by atomic mass is 9.99. The topological polar surface area (TPSA) is 41.1 Å². The van der Waals surface area contributed by atoms with Crippen molar-refractivity contribution in [1.82, 2.24) is 5.32 Å². The number of unbranched alkanes of at least 4 members (excludes halogenated alkanes) is 1. The van der Waals surface area contributed by atoms with Gasteiger partial charge in [-0.1, -0.05) is 25.5 Å². The van der Waals surface area contributed by atoms with Crippen LogP contribution in [0.4, 0.5) is 5.69 Å². The fourth-order valence-electron chi connectivity index (χ4n) is 2.20. The highest BCUT2D eigenvalue weighted by atomic mass is 16.1. The molecular formula is C14H20N2O. The summed E-state index contributed by atoms with van der Waals surface area (Å²) >= 11 is 0. The molecule has 1 heterocycles. The minimum atomic E-state index is 0.138. The second kappa shape index (κ2) is 5.82. The van der Waals surface area contributed by atoms with Crippen LogP contribution >= 0.6 is 0 Å². The third-order valence-corrected chi connectivity index (χ3v) is 3.17. The zero-order valence-electron chi connectivity index (χ0n) is 10.4. The first kappa shape index (κ1) is 12.1. The van der Waals surface area contributed by atoms with E-state index in [1.165, 1.54) is 11.1 Å². The van der Waals surface area contributed by atoms with E-state index in [4.69, 9.17) is 0 Å². The van der Waals surface area contributed by atoms with Crippen molar-refractivity contribution in [2.45, 2.75) is 39.2 Å². The van der Waals surface area contributed by atoms with Crippen molar-refractivity contribution in [2.75, 3.05) is 11.9 Å². The summed E-state index contributed by atoms with van der Waals surface area (Å²) in [4.78, 5) is 11.7. The lowest BCUT2D eigenvalue weighted by molar-refractivity contribution is -0.116. The number of rotatable bonds is 4. The van der Waals surface area contributed by atoms with Crippen molar-refractivity contribution in [2.24, 2.45) is 0 Å². The summed E-state index contributed by atoms with van der Waals surface area (Å²) in [6, 6.07) is 6.15. The van der Waals surface area contributed by atoms with Gasteiger partial charge in [0.2, 0.25) is 5.91 Å². The highest BCUT2D eigenvalue weighted by Crippen LogP contribution is 2.23. The van der Waals surface area contributed by atoms with Gasteiger partial charge in [0.05, 0.1) is 0 Å². The second-order valence-electron chi connectivity index (χ2n) is 4.52. The SMILES string of the molecule is CCCCC(=O)Nc1cccc2c1CCNC2. The molecule has 0 bridgehead atoms. The third-order valence-electron chi connectivity index (χ3n) is 3.17. The van der Waals surface area contributed by atoms with Crippen molar-refractivity contribution in [3.05, 3.63) is 29.3 Å². The van der Waals surface area contributed by atoms with Crippen molar-refractivity contribution in [3.8, 4) is 0 Å². The molecule has 0 aromatic heterocycles. The van der Waals surface area contributed by atoms with Crippen molar-refractivity contribution >= 4 is 11.6 Å². The highest BCUT2D eigenvalue weighted by Gasteiger charge is 2.13. The van der Waals surface area contributed by atoms with Crippen molar-refractivity contribution in [1.29, 1.82) is 0 Å². The molecule has 0 saturated carbocycles. The maximum Gasteiger partial charge on any atom is 0.224 e. The molecular weight excluding hydrogens is 212 g/mol. The van der Waals surface area contributed by atoms with E-state index < -0.39 is 0 Å². The van der Waals surface area contributed by atoms with Gasteiger partial charge in [-0.2, -0.15) is 0 Å². The first-order valence-corrected chi connectivity index (χ1v) is 6.42. The summed E-state index contributed by atoms with van der Waals surface area (Å²) < 4.78 is 0. The molecule has 0 saturated heterocycles. The molecule has 3 nitrogen and oxygen atoms in total. The Hall–Kier alpha value is -1.35. The standard InChI is InChI=1S/C14H20N2O/c1-2-3-7-14(17)16-13-6-4-5-11-10-15-9-8-12(11)13/h4-6,15H,2-3,7-10H2,1H3,(H,16,17). The molecule has 0 unspecified atom stereocenters. The average Bonchev–Trinajstić information content (AvgIpc) is 2.37. The molecule has 92 valence electrons. The van der Waals surface area contributed by atoms with Crippen LogP contribution in [0.1, 0.15) is 37.3 Å². The maximum absolute atomic E-state index is 11.7. The Morgan fingerprint density at radius 1 is 1.47 bits per heavy atom. The Labute approximate surface area is 103 Å². The monoisotopic (exact) mass is 232 g/mol. The van der Waals surface area contributed by atoms with Crippen molar-refractivity contribution < 1.29 is 4.79 Å². The Balaban J connectivity index is 2.08. The fourth-order valence-corrected chi connectivity index (χ4v) is 2.20.